The highest BCUT2D eigenvalue weighted by Gasteiger charge is 2.41. The molecule has 0 amide bonds. The molecule has 33 heavy (non-hydrogen) atoms. The molecule has 0 bridgehead atoms. The molecule has 6 heteroatoms. The fourth-order valence-corrected chi connectivity index (χ4v) is 5.20. The topological polar surface area (TPSA) is 33.1 Å². The van der Waals surface area contributed by atoms with Crippen molar-refractivity contribution >= 4 is 28.9 Å². The van der Waals surface area contributed by atoms with E-state index in [1.807, 2.05) is 36.5 Å². The first-order valence-electron chi connectivity index (χ1n) is 11.0. The van der Waals surface area contributed by atoms with E-state index in [-0.39, 0.29) is 12.1 Å². The van der Waals surface area contributed by atoms with Gasteiger partial charge < -0.3 is 14.8 Å². The highest BCUT2D eigenvalue weighted by atomic mass is 35.5. The Bertz CT molecular complexity index is 1270. The zero-order chi connectivity index (χ0) is 22.9. The predicted octanol–water partition coefficient (Wildman–Crippen LogP) is 6.32. The molecule has 1 N–H and O–H groups in total. The second-order valence-electron chi connectivity index (χ2n) is 8.38. The summed E-state index contributed by atoms with van der Waals surface area (Å²) in [4.78, 5) is 6.96. The quantitative estimate of drug-likeness (QED) is 0.345. The molecule has 1 saturated heterocycles. The number of aryl methyl sites for hydroxylation is 1. The fourth-order valence-electron chi connectivity index (χ4n) is 4.77. The minimum atomic E-state index is -0.0402. The van der Waals surface area contributed by atoms with Gasteiger partial charge in [-0.3, -0.25) is 4.98 Å². The van der Waals surface area contributed by atoms with Crippen molar-refractivity contribution in [3.63, 3.8) is 0 Å². The lowest BCUT2D eigenvalue weighted by Crippen LogP contribution is -2.29. The van der Waals surface area contributed by atoms with Gasteiger partial charge in [-0.15, -0.1) is 0 Å². The van der Waals surface area contributed by atoms with E-state index in [4.69, 9.17) is 23.8 Å². The summed E-state index contributed by atoms with van der Waals surface area (Å²) < 4.78 is 2.28. The van der Waals surface area contributed by atoms with Crippen LogP contribution in [0.4, 0.5) is 0 Å². The van der Waals surface area contributed by atoms with Crippen LogP contribution in [0.3, 0.4) is 0 Å². The molecule has 0 unspecified atom stereocenters. The van der Waals surface area contributed by atoms with Crippen LogP contribution in [0.2, 0.25) is 5.02 Å². The first-order chi connectivity index (χ1) is 16.0. The van der Waals surface area contributed by atoms with Gasteiger partial charge in [-0.05, 0) is 79.7 Å². The van der Waals surface area contributed by atoms with Crippen LogP contribution in [0.15, 0.2) is 85.1 Å². The third-order valence-corrected chi connectivity index (χ3v) is 6.87. The molecule has 4 aromatic rings. The Hall–Kier alpha value is -3.15. The third kappa shape index (κ3) is 4.14. The molecule has 1 fully saturated rings. The normalized spacial score (nSPS) is 17.9. The van der Waals surface area contributed by atoms with Gasteiger partial charge in [0.2, 0.25) is 0 Å². The van der Waals surface area contributed by atoms with E-state index in [1.165, 1.54) is 22.5 Å². The molecular formula is C27H25ClN4S. The van der Waals surface area contributed by atoms with E-state index in [0.717, 1.165) is 28.1 Å². The fraction of sp³-hybridized carbons (Fsp3) is 0.185. The molecule has 5 rings (SSSR count). The lowest BCUT2D eigenvalue weighted by molar-refractivity contribution is 0.310. The van der Waals surface area contributed by atoms with Crippen LogP contribution in [0.25, 0.3) is 5.69 Å². The van der Waals surface area contributed by atoms with Gasteiger partial charge in [0, 0.05) is 34.8 Å². The van der Waals surface area contributed by atoms with E-state index >= 15 is 0 Å². The van der Waals surface area contributed by atoms with Crippen LogP contribution in [0, 0.1) is 13.8 Å². The summed E-state index contributed by atoms with van der Waals surface area (Å²) in [5.41, 5.74) is 6.89. The lowest BCUT2D eigenvalue weighted by atomic mass is 9.96. The molecule has 1 aliphatic heterocycles. The van der Waals surface area contributed by atoms with Gasteiger partial charge in [0.1, 0.15) is 0 Å². The number of benzene rings is 2. The molecule has 0 saturated carbocycles. The SMILES string of the molecule is Cc1cc([C@H]2[C@@H](c3ccccn3)NC(=S)N2Cc2ccccc2)c(C)n1-c1ccc(Cl)cc1. The summed E-state index contributed by atoms with van der Waals surface area (Å²) >= 11 is 12.0. The largest absolute Gasteiger partial charge is 0.352 e. The van der Waals surface area contributed by atoms with Crippen LogP contribution >= 0.6 is 23.8 Å². The van der Waals surface area contributed by atoms with Crippen molar-refractivity contribution in [1.82, 2.24) is 19.8 Å². The van der Waals surface area contributed by atoms with Gasteiger partial charge in [0.05, 0.1) is 17.8 Å². The minimum absolute atomic E-state index is 0.0138. The number of thiocarbonyl (C=S) groups is 1. The van der Waals surface area contributed by atoms with E-state index in [9.17, 15) is 0 Å². The van der Waals surface area contributed by atoms with Crippen molar-refractivity contribution in [3.8, 4) is 5.69 Å². The summed E-state index contributed by atoms with van der Waals surface area (Å²) in [6.07, 6.45) is 1.84. The van der Waals surface area contributed by atoms with Gasteiger partial charge >= 0.3 is 0 Å². The first-order valence-corrected chi connectivity index (χ1v) is 11.8. The molecule has 166 valence electrons. The van der Waals surface area contributed by atoms with Crippen molar-refractivity contribution in [3.05, 3.63) is 118 Å². The maximum Gasteiger partial charge on any atom is 0.170 e. The zero-order valence-electron chi connectivity index (χ0n) is 18.6. The van der Waals surface area contributed by atoms with Crippen molar-refractivity contribution < 1.29 is 0 Å². The molecule has 2 atom stereocenters. The van der Waals surface area contributed by atoms with Crippen LogP contribution in [0.1, 0.15) is 40.3 Å². The maximum absolute atomic E-state index is 6.14. The number of rotatable bonds is 5. The molecule has 2 aromatic heterocycles. The summed E-state index contributed by atoms with van der Waals surface area (Å²) in [5, 5.41) is 5.04. The van der Waals surface area contributed by atoms with Crippen molar-refractivity contribution in [2.45, 2.75) is 32.5 Å². The number of hydrogen-bond acceptors (Lipinski definition) is 2. The first kappa shape index (κ1) is 21.7. The Morgan fingerprint density at radius 2 is 1.70 bits per heavy atom. The molecule has 0 radical (unpaired) electrons. The second-order valence-corrected chi connectivity index (χ2v) is 9.20. The lowest BCUT2D eigenvalue weighted by Gasteiger charge is -2.28. The van der Waals surface area contributed by atoms with E-state index in [0.29, 0.717) is 0 Å². The Morgan fingerprint density at radius 1 is 0.970 bits per heavy atom. The minimum Gasteiger partial charge on any atom is -0.352 e. The van der Waals surface area contributed by atoms with Crippen LogP contribution < -0.4 is 5.32 Å². The number of nitrogens with one attached hydrogen (secondary N) is 1. The van der Waals surface area contributed by atoms with Crippen LogP contribution in [0.5, 0.6) is 0 Å². The van der Waals surface area contributed by atoms with Crippen molar-refractivity contribution in [1.29, 1.82) is 0 Å². The summed E-state index contributed by atoms with van der Waals surface area (Å²) in [6, 6.07) is 26.7. The van der Waals surface area contributed by atoms with Crippen molar-refractivity contribution in [2.24, 2.45) is 0 Å². The third-order valence-electron chi connectivity index (χ3n) is 6.27. The number of hydrogen-bond donors (Lipinski definition) is 1. The van der Waals surface area contributed by atoms with Gasteiger partial charge in [-0.1, -0.05) is 48.0 Å². The highest BCUT2D eigenvalue weighted by molar-refractivity contribution is 7.80. The van der Waals surface area contributed by atoms with Crippen LogP contribution in [-0.4, -0.2) is 19.6 Å². The summed E-state index contributed by atoms with van der Waals surface area (Å²) in [6.45, 7) is 5.04. The summed E-state index contributed by atoms with van der Waals surface area (Å²) in [7, 11) is 0. The monoisotopic (exact) mass is 472 g/mol. The van der Waals surface area contributed by atoms with E-state index < -0.39 is 0 Å². The molecule has 4 nitrogen and oxygen atoms in total. The number of halogens is 1. The van der Waals surface area contributed by atoms with E-state index in [2.05, 4.69) is 82.1 Å². The van der Waals surface area contributed by atoms with E-state index in [1.54, 1.807) is 0 Å². The molecule has 0 spiro atoms. The maximum atomic E-state index is 6.14. The van der Waals surface area contributed by atoms with Crippen molar-refractivity contribution in [2.75, 3.05) is 0 Å². The Morgan fingerprint density at radius 3 is 2.39 bits per heavy atom. The van der Waals surface area contributed by atoms with Gasteiger partial charge in [0.15, 0.2) is 5.11 Å². The van der Waals surface area contributed by atoms with Gasteiger partial charge in [-0.25, -0.2) is 0 Å². The van der Waals surface area contributed by atoms with Crippen LogP contribution in [-0.2, 0) is 6.54 Å². The molecular weight excluding hydrogens is 448 g/mol. The molecule has 3 heterocycles. The smallest absolute Gasteiger partial charge is 0.170 e. The Balaban J connectivity index is 1.61. The standard InChI is InChI=1S/C27H25ClN4S/c1-18-16-23(19(2)32(18)22-13-11-21(28)12-14-22)26-25(24-10-6-7-15-29-24)30-27(33)31(26)17-20-8-4-3-5-9-20/h3-16,25-26H,17H2,1-2H3,(H,30,33)/t25-,26+/m1/s1. The summed E-state index contributed by atoms with van der Waals surface area (Å²) in [5.74, 6) is 0. The molecule has 1 aliphatic rings. The zero-order valence-corrected chi connectivity index (χ0v) is 20.1. The average Bonchev–Trinajstić information content (AvgIpc) is 3.31. The number of aromatic nitrogens is 2. The molecule has 0 aliphatic carbocycles. The van der Waals surface area contributed by atoms with Gasteiger partial charge in [0.25, 0.3) is 0 Å². The highest BCUT2D eigenvalue weighted by Crippen LogP contribution is 2.42. The Labute approximate surface area is 204 Å². The average molecular weight is 473 g/mol. The second kappa shape index (κ2) is 9.00. The number of nitrogens with zero attached hydrogens (tertiary/aromatic N) is 3. The predicted molar refractivity (Wildman–Crippen MR) is 138 cm³/mol. The van der Waals surface area contributed by atoms with Gasteiger partial charge in [-0.2, -0.15) is 0 Å². The number of pyridine rings is 1. The Kier molecular flexibility index (Phi) is 5.92. The molecule has 2 aromatic carbocycles.